The van der Waals surface area contributed by atoms with Crippen molar-refractivity contribution in [1.82, 2.24) is 0 Å². The summed E-state index contributed by atoms with van der Waals surface area (Å²) in [5, 5.41) is 1.84. The van der Waals surface area contributed by atoms with Crippen LogP contribution in [0.15, 0.2) is 35.9 Å². The van der Waals surface area contributed by atoms with Crippen molar-refractivity contribution >= 4 is 37.4 Å². The average Bonchev–Trinajstić information content (AvgIpc) is 2.20. The highest BCUT2D eigenvalue weighted by atomic mass is 79.9. The highest BCUT2D eigenvalue weighted by Crippen LogP contribution is 2.21. The number of rotatable bonds is 3. The molecule has 0 bridgehead atoms. The first kappa shape index (κ1) is 11.0. The molecule has 1 rings (SSSR count). The van der Waals surface area contributed by atoms with E-state index < -0.39 is 0 Å². The van der Waals surface area contributed by atoms with Gasteiger partial charge in [-0.25, -0.2) is 0 Å². The van der Waals surface area contributed by atoms with E-state index in [0.717, 1.165) is 10.7 Å². The average molecular weight is 304 g/mol. The van der Waals surface area contributed by atoms with Crippen molar-refractivity contribution < 1.29 is 0 Å². The fourth-order valence-corrected chi connectivity index (χ4v) is 2.30. The van der Waals surface area contributed by atoms with Crippen LogP contribution >= 0.6 is 31.9 Å². The fourth-order valence-electron chi connectivity index (χ4n) is 1.16. The van der Waals surface area contributed by atoms with Crippen molar-refractivity contribution in [2.75, 3.05) is 10.7 Å². The van der Waals surface area contributed by atoms with Gasteiger partial charge in [0.2, 0.25) is 0 Å². The first-order valence-corrected chi connectivity index (χ1v) is 6.40. The molecule has 70 valence electrons. The quantitative estimate of drug-likeness (QED) is 0.732. The van der Waals surface area contributed by atoms with Gasteiger partial charge in [-0.05, 0) is 18.1 Å². The predicted octanol–water partition coefficient (Wildman–Crippen LogP) is 4.25. The Kier molecular flexibility index (Phi) is 4.74. The van der Waals surface area contributed by atoms with Crippen LogP contribution in [-0.4, -0.2) is 10.7 Å². The van der Waals surface area contributed by atoms with Crippen molar-refractivity contribution in [3.05, 3.63) is 41.5 Å². The zero-order valence-electron chi connectivity index (χ0n) is 7.56. The van der Waals surface area contributed by atoms with Crippen LogP contribution in [0.4, 0.5) is 0 Å². The summed E-state index contributed by atoms with van der Waals surface area (Å²) in [4.78, 5) is 0. The molecule has 0 amide bonds. The molecule has 0 aliphatic rings. The standard InChI is InChI=1S/C11H12Br2/c1-9(7-12)11(8-13)10-5-3-2-4-6-10/h2-6H,7-8H2,1H3/b11-9-. The van der Waals surface area contributed by atoms with Crippen LogP contribution in [0, 0.1) is 0 Å². The molecule has 0 saturated carbocycles. The van der Waals surface area contributed by atoms with E-state index in [1.165, 1.54) is 16.7 Å². The molecule has 0 spiro atoms. The second kappa shape index (κ2) is 5.61. The Morgan fingerprint density at radius 3 is 2.15 bits per heavy atom. The van der Waals surface area contributed by atoms with Crippen LogP contribution in [-0.2, 0) is 0 Å². The minimum absolute atomic E-state index is 0.911. The lowest BCUT2D eigenvalue weighted by Crippen LogP contribution is -1.91. The molecule has 0 heterocycles. The fraction of sp³-hybridized carbons (Fsp3) is 0.273. The van der Waals surface area contributed by atoms with E-state index in [0.29, 0.717) is 0 Å². The summed E-state index contributed by atoms with van der Waals surface area (Å²) in [5.41, 5.74) is 4.05. The Labute approximate surface area is 96.3 Å². The van der Waals surface area contributed by atoms with Crippen LogP contribution in [0.1, 0.15) is 12.5 Å². The molecule has 13 heavy (non-hydrogen) atoms. The van der Waals surface area contributed by atoms with Gasteiger partial charge in [-0.15, -0.1) is 0 Å². The Morgan fingerprint density at radius 2 is 1.69 bits per heavy atom. The number of alkyl halides is 2. The van der Waals surface area contributed by atoms with Crippen LogP contribution < -0.4 is 0 Å². The number of hydrogen-bond acceptors (Lipinski definition) is 0. The van der Waals surface area contributed by atoms with Gasteiger partial charge in [-0.2, -0.15) is 0 Å². The Balaban J connectivity index is 3.05. The third-order valence-electron chi connectivity index (χ3n) is 1.97. The van der Waals surface area contributed by atoms with Crippen LogP contribution in [0.25, 0.3) is 5.57 Å². The lowest BCUT2D eigenvalue weighted by Gasteiger charge is -2.07. The first-order chi connectivity index (χ1) is 6.29. The van der Waals surface area contributed by atoms with Gasteiger partial charge in [0.1, 0.15) is 0 Å². The van der Waals surface area contributed by atoms with E-state index in [2.05, 4.69) is 63.0 Å². The Bertz CT molecular complexity index is 288. The second-order valence-electron chi connectivity index (χ2n) is 2.89. The van der Waals surface area contributed by atoms with Crippen molar-refractivity contribution in [2.45, 2.75) is 6.92 Å². The highest BCUT2D eigenvalue weighted by Gasteiger charge is 2.02. The van der Waals surface area contributed by atoms with Gasteiger partial charge < -0.3 is 0 Å². The predicted molar refractivity (Wildman–Crippen MR) is 66.6 cm³/mol. The molecular formula is C11H12Br2. The summed E-state index contributed by atoms with van der Waals surface area (Å²) in [7, 11) is 0. The van der Waals surface area contributed by atoms with Gasteiger partial charge in [-0.1, -0.05) is 67.8 Å². The monoisotopic (exact) mass is 302 g/mol. The van der Waals surface area contributed by atoms with E-state index in [-0.39, 0.29) is 0 Å². The molecule has 0 atom stereocenters. The molecule has 0 fully saturated rings. The number of allylic oxidation sites excluding steroid dienone is 2. The maximum Gasteiger partial charge on any atom is 0.0288 e. The molecule has 1 aromatic carbocycles. The van der Waals surface area contributed by atoms with Gasteiger partial charge in [-0.3, -0.25) is 0 Å². The first-order valence-electron chi connectivity index (χ1n) is 4.15. The largest absolute Gasteiger partial charge is 0.0880 e. The Morgan fingerprint density at radius 1 is 1.08 bits per heavy atom. The molecule has 0 aliphatic carbocycles. The summed E-state index contributed by atoms with van der Waals surface area (Å²) in [5.74, 6) is 0. The van der Waals surface area contributed by atoms with Crippen molar-refractivity contribution in [1.29, 1.82) is 0 Å². The zero-order valence-corrected chi connectivity index (χ0v) is 10.7. The molecule has 0 radical (unpaired) electrons. The Hall–Kier alpha value is -0.0800. The molecule has 0 nitrogen and oxygen atoms in total. The SMILES string of the molecule is C/C(CBr)=C(\CBr)c1ccccc1. The topological polar surface area (TPSA) is 0 Å². The molecule has 0 unspecified atom stereocenters. The molecule has 0 aliphatic heterocycles. The number of hydrogen-bond donors (Lipinski definition) is 0. The van der Waals surface area contributed by atoms with Crippen LogP contribution in [0.5, 0.6) is 0 Å². The molecule has 1 aromatic rings. The van der Waals surface area contributed by atoms with Gasteiger partial charge in [0.25, 0.3) is 0 Å². The number of halogens is 2. The molecule has 0 N–H and O–H groups in total. The molecule has 0 aromatic heterocycles. The van der Waals surface area contributed by atoms with E-state index in [4.69, 9.17) is 0 Å². The minimum Gasteiger partial charge on any atom is -0.0880 e. The van der Waals surface area contributed by atoms with Crippen LogP contribution in [0.2, 0.25) is 0 Å². The summed E-state index contributed by atoms with van der Waals surface area (Å²) in [6.07, 6.45) is 0. The summed E-state index contributed by atoms with van der Waals surface area (Å²) in [6, 6.07) is 10.5. The van der Waals surface area contributed by atoms with E-state index in [1.54, 1.807) is 0 Å². The third kappa shape index (κ3) is 2.96. The summed E-state index contributed by atoms with van der Waals surface area (Å²) in [6.45, 7) is 2.15. The van der Waals surface area contributed by atoms with Crippen molar-refractivity contribution in [3.63, 3.8) is 0 Å². The lowest BCUT2D eigenvalue weighted by atomic mass is 10.0. The minimum atomic E-state index is 0.911. The van der Waals surface area contributed by atoms with Crippen molar-refractivity contribution in [2.24, 2.45) is 0 Å². The highest BCUT2D eigenvalue weighted by molar-refractivity contribution is 9.09. The van der Waals surface area contributed by atoms with Gasteiger partial charge in [0.15, 0.2) is 0 Å². The summed E-state index contributed by atoms with van der Waals surface area (Å²) < 4.78 is 0. The van der Waals surface area contributed by atoms with Gasteiger partial charge in [0, 0.05) is 10.7 Å². The van der Waals surface area contributed by atoms with E-state index in [1.807, 2.05) is 6.07 Å². The lowest BCUT2D eigenvalue weighted by molar-refractivity contribution is 1.40. The second-order valence-corrected chi connectivity index (χ2v) is 4.01. The number of benzene rings is 1. The molecule has 0 saturated heterocycles. The molecular weight excluding hydrogens is 292 g/mol. The summed E-state index contributed by atoms with van der Waals surface area (Å²) >= 11 is 6.99. The molecule has 2 heteroatoms. The normalized spacial score (nSPS) is 12.5. The van der Waals surface area contributed by atoms with Gasteiger partial charge in [0.05, 0.1) is 0 Å². The smallest absolute Gasteiger partial charge is 0.0288 e. The van der Waals surface area contributed by atoms with Crippen LogP contribution in [0.3, 0.4) is 0 Å². The van der Waals surface area contributed by atoms with Crippen molar-refractivity contribution in [3.8, 4) is 0 Å². The van der Waals surface area contributed by atoms with Gasteiger partial charge >= 0.3 is 0 Å². The van der Waals surface area contributed by atoms with E-state index >= 15 is 0 Å². The zero-order chi connectivity index (χ0) is 9.68. The maximum atomic E-state index is 3.52. The maximum absolute atomic E-state index is 3.52. The third-order valence-corrected chi connectivity index (χ3v) is 3.37. The van der Waals surface area contributed by atoms with E-state index in [9.17, 15) is 0 Å².